The van der Waals surface area contributed by atoms with E-state index >= 15 is 0 Å². The van der Waals surface area contributed by atoms with Crippen molar-refractivity contribution in [3.63, 3.8) is 0 Å². The Morgan fingerprint density at radius 3 is 2.88 bits per heavy atom. The highest BCUT2D eigenvalue weighted by molar-refractivity contribution is 5.98. The molecule has 1 amide bonds. The zero-order chi connectivity index (χ0) is 18.1. The lowest BCUT2D eigenvalue weighted by molar-refractivity contribution is 0.0912. The number of amides is 1. The topological polar surface area (TPSA) is 68.3 Å². The average molecular weight is 348 g/mol. The summed E-state index contributed by atoms with van der Waals surface area (Å²) < 4.78 is 11.0. The lowest BCUT2D eigenvalue weighted by Gasteiger charge is -2.11. The molecule has 0 aliphatic heterocycles. The van der Waals surface area contributed by atoms with Crippen LogP contribution in [0.1, 0.15) is 35.2 Å². The third kappa shape index (κ3) is 3.33. The van der Waals surface area contributed by atoms with Gasteiger partial charge in [-0.2, -0.15) is 0 Å². The molecule has 26 heavy (non-hydrogen) atoms. The van der Waals surface area contributed by atoms with E-state index in [1.54, 1.807) is 12.3 Å². The first-order chi connectivity index (χ1) is 12.6. The second-order valence-corrected chi connectivity index (χ2v) is 6.68. The van der Waals surface area contributed by atoms with E-state index in [9.17, 15) is 4.79 Å². The number of furan rings is 2. The molecule has 0 unspecified atom stereocenters. The number of aryl methyl sites for hydroxylation is 2. The predicted molar refractivity (Wildman–Crippen MR) is 100 cm³/mol. The van der Waals surface area contributed by atoms with E-state index in [4.69, 9.17) is 8.83 Å². The van der Waals surface area contributed by atoms with Gasteiger partial charge in [0.25, 0.3) is 5.91 Å². The number of carbonyl (C=O) groups excluding carboxylic acids is 1. The first-order valence-corrected chi connectivity index (χ1v) is 8.73. The first-order valence-electron chi connectivity index (χ1n) is 8.73. The van der Waals surface area contributed by atoms with E-state index in [1.165, 1.54) is 0 Å². The van der Waals surface area contributed by atoms with Crippen LogP contribution < -0.4 is 5.32 Å². The number of benzene rings is 1. The molecule has 0 saturated heterocycles. The Balaban J connectivity index is 1.50. The second-order valence-electron chi connectivity index (χ2n) is 6.68. The van der Waals surface area contributed by atoms with E-state index < -0.39 is 0 Å². The number of hydrogen-bond acceptors (Lipinski definition) is 4. The molecule has 1 atom stereocenters. The summed E-state index contributed by atoms with van der Waals surface area (Å²) in [6.45, 7) is 4.00. The van der Waals surface area contributed by atoms with Gasteiger partial charge in [0.2, 0.25) is 5.71 Å². The van der Waals surface area contributed by atoms with Gasteiger partial charge in [0.05, 0.1) is 11.8 Å². The van der Waals surface area contributed by atoms with Crippen molar-refractivity contribution in [2.45, 2.75) is 32.7 Å². The van der Waals surface area contributed by atoms with Crippen molar-refractivity contribution in [2.24, 2.45) is 0 Å². The Morgan fingerprint density at radius 1 is 1.19 bits per heavy atom. The summed E-state index contributed by atoms with van der Waals surface area (Å²) in [5.74, 6) is 0.973. The minimum Gasteiger partial charge on any atom is -0.469 e. The van der Waals surface area contributed by atoms with Gasteiger partial charge >= 0.3 is 0 Å². The summed E-state index contributed by atoms with van der Waals surface area (Å²) in [4.78, 5) is 17.0. The number of aromatic nitrogens is 1. The first kappa shape index (κ1) is 16.4. The van der Waals surface area contributed by atoms with Gasteiger partial charge in [0.1, 0.15) is 5.76 Å². The molecular formula is C21H20N2O3. The van der Waals surface area contributed by atoms with Crippen molar-refractivity contribution in [1.82, 2.24) is 10.3 Å². The van der Waals surface area contributed by atoms with Crippen LogP contribution in [0.3, 0.4) is 0 Å². The maximum absolute atomic E-state index is 12.5. The SMILES string of the molecule is Cc1ccc2cc3cc(C(=O)N[C@@H](C)CCc4ccco4)oc3nc2c1. The summed E-state index contributed by atoms with van der Waals surface area (Å²) in [5.41, 5.74) is 2.49. The van der Waals surface area contributed by atoms with Crippen LogP contribution >= 0.6 is 0 Å². The van der Waals surface area contributed by atoms with E-state index in [2.05, 4.69) is 10.3 Å². The van der Waals surface area contributed by atoms with Gasteiger partial charge in [-0.25, -0.2) is 4.98 Å². The Kier molecular flexibility index (Phi) is 4.21. The molecule has 5 nitrogen and oxygen atoms in total. The molecule has 3 aromatic heterocycles. The van der Waals surface area contributed by atoms with Gasteiger partial charge in [-0.05, 0) is 56.2 Å². The molecule has 5 heteroatoms. The molecule has 0 saturated carbocycles. The number of hydrogen-bond donors (Lipinski definition) is 1. The number of fused-ring (bicyclic) bond motifs is 2. The van der Waals surface area contributed by atoms with Gasteiger partial charge in [-0.1, -0.05) is 12.1 Å². The quantitative estimate of drug-likeness (QED) is 0.571. The van der Waals surface area contributed by atoms with Crippen LogP contribution in [0, 0.1) is 6.92 Å². The summed E-state index contributed by atoms with van der Waals surface area (Å²) in [6, 6.07) is 13.6. The number of nitrogens with one attached hydrogen (secondary N) is 1. The zero-order valence-electron chi connectivity index (χ0n) is 14.8. The van der Waals surface area contributed by atoms with Crippen molar-refractivity contribution in [3.05, 3.63) is 65.8 Å². The summed E-state index contributed by atoms with van der Waals surface area (Å²) >= 11 is 0. The second kappa shape index (κ2) is 6.67. The third-order valence-electron chi connectivity index (χ3n) is 4.46. The summed E-state index contributed by atoms with van der Waals surface area (Å²) in [6.07, 6.45) is 3.23. The number of rotatable bonds is 5. The fourth-order valence-electron chi connectivity index (χ4n) is 3.03. The molecule has 1 N–H and O–H groups in total. The fourth-order valence-corrected chi connectivity index (χ4v) is 3.03. The van der Waals surface area contributed by atoms with Crippen molar-refractivity contribution in [1.29, 1.82) is 0 Å². The highest BCUT2D eigenvalue weighted by Gasteiger charge is 2.16. The molecule has 0 spiro atoms. The lowest BCUT2D eigenvalue weighted by atomic mass is 10.1. The highest BCUT2D eigenvalue weighted by atomic mass is 16.4. The zero-order valence-corrected chi connectivity index (χ0v) is 14.8. The molecule has 4 rings (SSSR count). The number of pyridine rings is 1. The Hall–Kier alpha value is -3.08. The van der Waals surface area contributed by atoms with Crippen LogP contribution in [0.25, 0.3) is 22.0 Å². The molecule has 3 heterocycles. The minimum absolute atomic E-state index is 0.00972. The van der Waals surface area contributed by atoms with Gasteiger partial charge in [-0.3, -0.25) is 4.79 Å². The summed E-state index contributed by atoms with van der Waals surface area (Å²) in [7, 11) is 0. The largest absolute Gasteiger partial charge is 0.469 e. The Labute approximate surface area is 151 Å². The monoisotopic (exact) mass is 348 g/mol. The van der Waals surface area contributed by atoms with E-state index in [0.29, 0.717) is 5.71 Å². The Bertz CT molecular complexity index is 1060. The van der Waals surface area contributed by atoms with Crippen molar-refractivity contribution < 1.29 is 13.6 Å². The van der Waals surface area contributed by atoms with Gasteiger partial charge in [0.15, 0.2) is 5.76 Å². The number of carbonyl (C=O) groups is 1. The van der Waals surface area contributed by atoms with Crippen LogP contribution in [0.15, 0.2) is 57.6 Å². The van der Waals surface area contributed by atoms with E-state index in [-0.39, 0.29) is 17.7 Å². The predicted octanol–water partition coefficient (Wildman–Crippen LogP) is 4.63. The highest BCUT2D eigenvalue weighted by Crippen LogP contribution is 2.23. The molecule has 132 valence electrons. The number of nitrogens with zero attached hydrogens (tertiary/aromatic N) is 1. The van der Waals surface area contributed by atoms with Crippen molar-refractivity contribution >= 4 is 27.9 Å². The lowest BCUT2D eigenvalue weighted by Crippen LogP contribution is -2.32. The van der Waals surface area contributed by atoms with Gasteiger partial charge in [-0.15, -0.1) is 0 Å². The normalized spacial score (nSPS) is 12.5. The Morgan fingerprint density at radius 2 is 2.08 bits per heavy atom. The minimum atomic E-state index is -0.227. The average Bonchev–Trinajstić information content (AvgIpc) is 3.27. The molecule has 0 aliphatic rings. The molecule has 0 aliphatic carbocycles. The van der Waals surface area contributed by atoms with Crippen LogP contribution in [-0.2, 0) is 6.42 Å². The molecule has 0 radical (unpaired) electrons. The molecule has 0 fully saturated rings. The smallest absolute Gasteiger partial charge is 0.287 e. The molecule has 4 aromatic rings. The molecular weight excluding hydrogens is 328 g/mol. The summed E-state index contributed by atoms with van der Waals surface area (Å²) in [5, 5.41) is 4.83. The van der Waals surface area contributed by atoms with E-state index in [1.807, 2.05) is 50.2 Å². The van der Waals surface area contributed by atoms with Crippen molar-refractivity contribution in [2.75, 3.05) is 0 Å². The van der Waals surface area contributed by atoms with E-state index in [0.717, 1.165) is 40.5 Å². The standard InChI is InChI=1S/C21H20N2O3/c1-13-5-7-15-11-16-12-19(26-21(16)23-18(15)10-13)20(24)22-14(2)6-8-17-4-3-9-25-17/h3-5,7,9-12,14H,6,8H2,1-2H3,(H,22,24)/t14-/m0/s1. The maximum atomic E-state index is 12.5. The van der Waals surface area contributed by atoms with Crippen LogP contribution in [0.5, 0.6) is 0 Å². The van der Waals surface area contributed by atoms with Crippen LogP contribution in [-0.4, -0.2) is 16.9 Å². The third-order valence-corrected chi connectivity index (χ3v) is 4.46. The maximum Gasteiger partial charge on any atom is 0.287 e. The van der Waals surface area contributed by atoms with Gasteiger partial charge in [0, 0.05) is 23.2 Å². The molecule has 0 bridgehead atoms. The van der Waals surface area contributed by atoms with Crippen molar-refractivity contribution in [3.8, 4) is 0 Å². The van der Waals surface area contributed by atoms with Crippen LogP contribution in [0.2, 0.25) is 0 Å². The molecule has 1 aromatic carbocycles. The van der Waals surface area contributed by atoms with Gasteiger partial charge < -0.3 is 14.2 Å². The van der Waals surface area contributed by atoms with Crippen LogP contribution in [0.4, 0.5) is 0 Å². The fraction of sp³-hybridized carbons (Fsp3) is 0.238.